The van der Waals surface area contributed by atoms with Gasteiger partial charge in [-0.3, -0.25) is 0 Å². The molecule has 0 fully saturated rings. The summed E-state index contributed by atoms with van der Waals surface area (Å²) in [6, 6.07) is 1.42. The van der Waals surface area contributed by atoms with Crippen molar-refractivity contribution in [2.24, 2.45) is 0 Å². The normalized spacial score (nSPS) is 11.2. The fraction of sp³-hybridized carbons (Fsp3) is 0.333. The largest absolute Gasteiger partial charge is 0.394 e. The number of aromatic nitrogens is 2. The molecule has 0 aliphatic heterocycles. The average Bonchev–Trinajstić information content (AvgIpc) is 2.73. The molecule has 0 saturated carbocycles. The Labute approximate surface area is 101 Å². The Morgan fingerprint density at radius 3 is 2.81 bits per heavy atom. The van der Waals surface area contributed by atoms with Crippen molar-refractivity contribution >= 4 is 39.0 Å². The van der Waals surface area contributed by atoms with Crippen LogP contribution in [0.15, 0.2) is 11.4 Å². The second kappa shape index (κ2) is 4.92. The van der Waals surface area contributed by atoms with Crippen molar-refractivity contribution in [2.75, 3.05) is 18.5 Å². The fourth-order valence-electron chi connectivity index (χ4n) is 1.28. The minimum atomic E-state index is -0.450. The van der Waals surface area contributed by atoms with Crippen molar-refractivity contribution in [2.45, 2.75) is 6.04 Å². The van der Waals surface area contributed by atoms with Gasteiger partial charge in [-0.1, -0.05) is 0 Å². The summed E-state index contributed by atoms with van der Waals surface area (Å²) in [6.45, 7) is -0.354. The van der Waals surface area contributed by atoms with Crippen LogP contribution in [0.25, 0.3) is 10.2 Å². The van der Waals surface area contributed by atoms with Gasteiger partial charge in [0.15, 0.2) is 0 Å². The highest BCUT2D eigenvalue weighted by Gasteiger charge is 2.11. The van der Waals surface area contributed by atoms with Crippen molar-refractivity contribution < 1.29 is 10.2 Å². The van der Waals surface area contributed by atoms with Crippen LogP contribution in [0.2, 0.25) is 5.28 Å². The second-order valence-electron chi connectivity index (χ2n) is 3.19. The van der Waals surface area contributed by atoms with E-state index in [1.807, 2.05) is 11.4 Å². The van der Waals surface area contributed by atoms with Gasteiger partial charge < -0.3 is 15.5 Å². The van der Waals surface area contributed by atoms with Gasteiger partial charge in [-0.2, -0.15) is 0 Å². The molecular weight excluding hydrogens is 250 g/mol. The van der Waals surface area contributed by atoms with Gasteiger partial charge in [0.1, 0.15) is 10.6 Å². The molecule has 0 spiro atoms. The van der Waals surface area contributed by atoms with Crippen molar-refractivity contribution in [3.63, 3.8) is 0 Å². The van der Waals surface area contributed by atoms with Crippen molar-refractivity contribution in [1.82, 2.24) is 9.97 Å². The number of halogens is 1. The molecule has 0 aliphatic carbocycles. The third-order valence-corrected chi connectivity index (χ3v) is 3.06. The molecule has 0 saturated heterocycles. The quantitative estimate of drug-likeness (QED) is 0.717. The van der Waals surface area contributed by atoms with Crippen molar-refractivity contribution in [3.8, 4) is 0 Å². The number of aliphatic hydroxyl groups is 2. The van der Waals surface area contributed by atoms with E-state index >= 15 is 0 Å². The van der Waals surface area contributed by atoms with E-state index in [9.17, 15) is 0 Å². The number of thiophene rings is 1. The molecule has 2 heterocycles. The molecule has 5 nitrogen and oxygen atoms in total. The maximum Gasteiger partial charge on any atom is 0.225 e. The number of nitrogens with zero attached hydrogens (tertiary/aromatic N) is 2. The van der Waals surface area contributed by atoms with Crippen LogP contribution in [0.5, 0.6) is 0 Å². The molecule has 86 valence electrons. The summed E-state index contributed by atoms with van der Waals surface area (Å²) in [7, 11) is 0. The Kier molecular flexibility index (Phi) is 3.55. The third kappa shape index (κ3) is 2.25. The molecule has 0 aromatic carbocycles. The first-order valence-electron chi connectivity index (χ1n) is 4.63. The highest BCUT2D eigenvalue weighted by atomic mass is 35.5. The highest BCUT2D eigenvalue weighted by molar-refractivity contribution is 7.16. The van der Waals surface area contributed by atoms with Gasteiger partial charge in [-0.05, 0) is 23.0 Å². The van der Waals surface area contributed by atoms with Gasteiger partial charge in [0, 0.05) is 0 Å². The van der Waals surface area contributed by atoms with Crippen molar-refractivity contribution in [3.05, 3.63) is 16.7 Å². The Morgan fingerprint density at radius 2 is 2.12 bits per heavy atom. The van der Waals surface area contributed by atoms with E-state index in [0.29, 0.717) is 5.82 Å². The maximum atomic E-state index is 8.98. The first kappa shape index (κ1) is 11.5. The van der Waals surface area contributed by atoms with Crippen LogP contribution in [0.1, 0.15) is 0 Å². The van der Waals surface area contributed by atoms with Crippen LogP contribution in [-0.2, 0) is 0 Å². The van der Waals surface area contributed by atoms with Crippen LogP contribution in [0, 0.1) is 0 Å². The van der Waals surface area contributed by atoms with Crippen LogP contribution < -0.4 is 5.32 Å². The van der Waals surface area contributed by atoms with E-state index in [4.69, 9.17) is 21.8 Å². The van der Waals surface area contributed by atoms with Gasteiger partial charge in [-0.15, -0.1) is 11.3 Å². The van der Waals surface area contributed by atoms with Crippen LogP contribution in [0.4, 0.5) is 5.82 Å². The molecule has 0 bridgehead atoms. The van der Waals surface area contributed by atoms with E-state index < -0.39 is 6.04 Å². The lowest BCUT2D eigenvalue weighted by molar-refractivity contribution is 0.203. The SMILES string of the molecule is OCC(CO)Nc1nc(Cl)nc2sccc12. The van der Waals surface area contributed by atoms with E-state index in [1.165, 1.54) is 11.3 Å². The van der Waals surface area contributed by atoms with Crippen molar-refractivity contribution in [1.29, 1.82) is 0 Å². The molecule has 0 unspecified atom stereocenters. The summed E-state index contributed by atoms with van der Waals surface area (Å²) in [5, 5.41) is 23.7. The van der Waals surface area contributed by atoms with Gasteiger partial charge >= 0.3 is 0 Å². The molecule has 0 aliphatic rings. The zero-order valence-corrected chi connectivity index (χ0v) is 9.79. The molecule has 0 radical (unpaired) electrons. The lowest BCUT2D eigenvalue weighted by atomic mass is 10.3. The third-order valence-electron chi connectivity index (χ3n) is 2.08. The highest BCUT2D eigenvalue weighted by Crippen LogP contribution is 2.26. The van der Waals surface area contributed by atoms with Gasteiger partial charge in [0.05, 0.1) is 24.6 Å². The summed E-state index contributed by atoms with van der Waals surface area (Å²) in [5.74, 6) is 0.532. The van der Waals surface area contributed by atoms with E-state index in [1.54, 1.807) is 0 Å². The number of rotatable bonds is 4. The van der Waals surface area contributed by atoms with Crippen LogP contribution in [-0.4, -0.2) is 39.4 Å². The molecule has 16 heavy (non-hydrogen) atoms. The Bertz CT molecular complexity index is 487. The summed E-state index contributed by atoms with van der Waals surface area (Å²) < 4.78 is 0. The number of hydrogen-bond acceptors (Lipinski definition) is 6. The number of nitrogens with one attached hydrogen (secondary N) is 1. The summed E-state index contributed by atoms with van der Waals surface area (Å²) in [5.41, 5.74) is 0. The standard InChI is InChI=1S/C9H10ClN3O2S/c10-9-12-7(11-5(3-14)4-15)6-1-2-16-8(6)13-9/h1-2,5,14-15H,3-4H2,(H,11,12,13). The number of aliphatic hydroxyl groups excluding tert-OH is 2. The minimum Gasteiger partial charge on any atom is -0.394 e. The zero-order chi connectivity index (χ0) is 11.5. The lowest BCUT2D eigenvalue weighted by Gasteiger charge is -2.14. The summed E-state index contributed by atoms with van der Waals surface area (Å²) >= 11 is 7.23. The number of anilines is 1. The van der Waals surface area contributed by atoms with E-state index in [0.717, 1.165) is 10.2 Å². The number of fused-ring (bicyclic) bond motifs is 1. The van der Waals surface area contributed by atoms with Gasteiger partial charge in [0.25, 0.3) is 0 Å². The summed E-state index contributed by atoms with van der Waals surface area (Å²) in [4.78, 5) is 8.88. The van der Waals surface area contributed by atoms with Crippen LogP contribution >= 0.6 is 22.9 Å². The van der Waals surface area contributed by atoms with Gasteiger partial charge in [0.2, 0.25) is 5.28 Å². The molecule has 3 N–H and O–H groups in total. The first-order chi connectivity index (χ1) is 7.74. The summed E-state index contributed by atoms with van der Waals surface area (Å²) in [6.07, 6.45) is 0. The average molecular weight is 260 g/mol. The monoisotopic (exact) mass is 259 g/mol. The Hall–Kier alpha value is -0.950. The molecule has 2 aromatic rings. The molecule has 2 rings (SSSR count). The predicted molar refractivity (Wildman–Crippen MR) is 64.0 cm³/mol. The smallest absolute Gasteiger partial charge is 0.225 e. The Balaban J connectivity index is 2.38. The van der Waals surface area contributed by atoms with Gasteiger partial charge in [-0.25, -0.2) is 9.97 Å². The molecule has 0 atom stereocenters. The predicted octanol–water partition coefficient (Wildman–Crippen LogP) is 1.11. The van der Waals surface area contributed by atoms with Crippen LogP contribution in [0.3, 0.4) is 0 Å². The minimum absolute atomic E-state index is 0.145. The lowest BCUT2D eigenvalue weighted by Crippen LogP contribution is -2.28. The van der Waals surface area contributed by atoms with E-state index in [-0.39, 0.29) is 18.5 Å². The second-order valence-corrected chi connectivity index (χ2v) is 4.42. The van der Waals surface area contributed by atoms with E-state index in [2.05, 4.69) is 15.3 Å². The number of hydrogen-bond donors (Lipinski definition) is 3. The Morgan fingerprint density at radius 1 is 1.38 bits per heavy atom. The molecule has 7 heteroatoms. The molecular formula is C9H10ClN3O2S. The molecule has 2 aromatic heterocycles. The maximum absolute atomic E-state index is 8.98. The topological polar surface area (TPSA) is 78.3 Å². The fourth-order valence-corrected chi connectivity index (χ4v) is 2.26. The molecule has 0 amide bonds. The first-order valence-corrected chi connectivity index (χ1v) is 5.89. The zero-order valence-electron chi connectivity index (χ0n) is 8.22.